The van der Waals surface area contributed by atoms with Crippen LogP contribution in [0.4, 0.5) is 5.13 Å². The van der Waals surface area contributed by atoms with Gasteiger partial charge in [0, 0.05) is 28.5 Å². The molecular formula is C17H23N3OS2. The van der Waals surface area contributed by atoms with Crippen LogP contribution in [0.5, 0.6) is 0 Å². The number of aromatic nitrogens is 1. The van der Waals surface area contributed by atoms with Gasteiger partial charge < -0.3 is 0 Å². The van der Waals surface area contributed by atoms with Gasteiger partial charge in [-0.1, -0.05) is 13.8 Å². The van der Waals surface area contributed by atoms with Crippen LogP contribution >= 0.6 is 22.7 Å². The van der Waals surface area contributed by atoms with Gasteiger partial charge in [0.05, 0.1) is 4.88 Å². The number of carbonyl (C=O) groups excluding carboxylic acids is 1. The fraction of sp³-hybridized carbons (Fsp3) is 0.529. The minimum atomic E-state index is -0.0518. The van der Waals surface area contributed by atoms with Gasteiger partial charge in [0.15, 0.2) is 5.13 Å². The quantitative estimate of drug-likeness (QED) is 0.861. The molecule has 0 aromatic carbocycles. The Morgan fingerprint density at radius 3 is 2.96 bits per heavy atom. The van der Waals surface area contributed by atoms with Gasteiger partial charge in [0.2, 0.25) is 0 Å². The molecule has 1 saturated heterocycles. The highest BCUT2D eigenvalue weighted by Crippen LogP contribution is 2.36. The van der Waals surface area contributed by atoms with Crippen molar-refractivity contribution in [1.29, 1.82) is 0 Å². The van der Waals surface area contributed by atoms with Crippen LogP contribution in [0.3, 0.4) is 0 Å². The smallest absolute Gasteiger partial charge is 0.267 e. The van der Waals surface area contributed by atoms with Crippen LogP contribution in [-0.2, 0) is 0 Å². The zero-order valence-electron chi connectivity index (χ0n) is 13.8. The second-order valence-electron chi connectivity index (χ2n) is 6.48. The van der Waals surface area contributed by atoms with Gasteiger partial charge in [-0.15, -0.1) is 22.7 Å². The van der Waals surface area contributed by atoms with Crippen molar-refractivity contribution in [1.82, 2.24) is 9.88 Å². The Hall–Kier alpha value is -1.24. The molecule has 1 amide bonds. The minimum absolute atomic E-state index is 0.0518. The van der Waals surface area contributed by atoms with Gasteiger partial charge in [-0.25, -0.2) is 4.98 Å². The van der Waals surface area contributed by atoms with Gasteiger partial charge in [-0.2, -0.15) is 0 Å². The molecule has 1 aliphatic heterocycles. The molecule has 0 radical (unpaired) electrons. The second kappa shape index (κ2) is 7.11. The number of rotatable bonds is 5. The Bertz CT molecular complexity index is 677. The van der Waals surface area contributed by atoms with E-state index in [1.165, 1.54) is 35.6 Å². The third-order valence-electron chi connectivity index (χ3n) is 3.98. The molecule has 0 aliphatic carbocycles. The van der Waals surface area contributed by atoms with Crippen molar-refractivity contribution in [2.24, 2.45) is 5.92 Å². The summed E-state index contributed by atoms with van der Waals surface area (Å²) in [7, 11) is 0. The number of likely N-dealkylation sites (tertiary alicyclic amines) is 1. The van der Waals surface area contributed by atoms with Crippen LogP contribution in [0.15, 0.2) is 18.3 Å². The molecule has 1 aliphatic rings. The summed E-state index contributed by atoms with van der Waals surface area (Å²) in [6.45, 7) is 8.81. The number of anilines is 1. The van der Waals surface area contributed by atoms with E-state index in [-0.39, 0.29) is 5.91 Å². The summed E-state index contributed by atoms with van der Waals surface area (Å²) >= 11 is 3.12. The summed E-state index contributed by atoms with van der Waals surface area (Å²) in [6.07, 6.45) is 4.22. The molecule has 1 atom stereocenters. The van der Waals surface area contributed by atoms with E-state index < -0.39 is 0 Å². The predicted octanol–water partition coefficient (Wildman–Crippen LogP) is 4.56. The fourth-order valence-electron chi connectivity index (χ4n) is 3.06. The number of nitrogens with one attached hydrogen (secondary N) is 1. The molecule has 23 heavy (non-hydrogen) atoms. The standard InChI is InChI=1S/C17H23N3OS2/c1-11(2)10-20-8-4-5-13(20)14-6-7-15(23-14)16(21)19-17-18-9-12(3)22-17/h6-7,9,11,13H,4-5,8,10H2,1-3H3,(H,18,19,21)/t13-/m1/s1. The third-order valence-corrected chi connectivity index (χ3v) is 6.00. The monoisotopic (exact) mass is 349 g/mol. The maximum Gasteiger partial charge on any atom is 0.267 e. The van der Waals surface area contributed by atoms with Crippen molar-refractivity contribution in [3.63, 3.8) is 0 Å². The van der Waals surface area contributed by atoms with Crippen molar-refractivity contribution in [2.45, 2.75) is 39.7 Å². The maximum absolute atomic E-state index is 12.4. The lowest BCUT2D eigenvalue weighted by molar-refractivity contribution is 0.103. The van der Waals surface area contributed by atoms with Crippen molar-refractivity contribution >= 4 is 33.7 Å². The van der Waals surface area contributed by atoms with Gasteiger partial charge >= 0.3 is 0 Å². The summed E-state index contributed by atoms with van der Waals surface area (Å²) < 4.78 is 0. The van der Waals surface area contributed by atoms with Crippen LogP contribution in [0, 0.1) is 12.8 Å². The van der Waals surface area contributed by atoms with E-state index in [1.54, 1.807) is 17.5 Å². The van der Waals surface area contributed by atoms with Crippen molar-refractivity contribution < 1.29 is 4.79 Å². The molecule has 1 N–H and O–H groups in total. The van der Waals surface area contributed by atoms with Gasteiger partial charge in [0.25, 0.3) is 5.91 Å². The number of hydrogen-bond donors (Lipinski definition) is 1. The van der Waals surface area contributed by atoms with Crippen LogP contribution in [0.1, 0.15) is 52.2 Å². The molecule has 1 fully saturated rings. The van der Waals surface area contributed by atoms with Gasteiger partial charge in [0.1, 0.15) is 0 Å². The Kier molecular flexibility index (Phi) is 5.14. The van der Waals surface area contributed by atoms with Gasteiger partial charge in [-0.3, -0.25) is 15.0 Å². The molecule has 4 nitrogen and oxygen atoms in total. The van der Waals surface area contributed by atoms with E-state index >= 15 is 0 Å². The predicted molar refractivity (Wildman–Crippen MR) is 97.5 cm³/mol. The van der Waals surface area contributed by atoms with Crippen molar-refractivity contribution in [2.75, 3.05) is 18.4 Å². The molecule has 2 aromatic rings. The van der Waals surface area contributed by atoms with E-state index in [0.29, 0.717) is 17.1 Å². The number of amides is 1. The number of thiophene rings is 1. The first kappa shape index (κ1) is 16.6. The van der Waals surface area contributed by atoms with E-state index in [0.717, 1.165) is 16.3 Å². The maximum atomic E-state index is 12.4. The largest absolute Gasteiger partial charge is 0.297 e. The highest BCUT2D eigenvalue weighted by atomic mass is 32.1. The molecular weight excluding hydrogens is 326 g/mol. The number of hydrogen-bond acceptors (Lipinski definition) is 5. The first-order valence-corrected chi connectivity index (χ1v) is 9.74. The zero-order valence-corrected chi connectivity index (χ0v) is 15.5. The Morgan fingerprint density at radius 2 is 2.26 bits per heavy atom. The minimum Gasteiger partial charge on any atom is -0.297 e. The Morgan fingerprint density at radius 1 is 1.43 bits per heavy atom. The normalized spacial score (nSPS) is 18.7. The summed E-state index contributed by atoms with van der Waals surface area (Å²) in [4.78, 5) is 22.3. The van der Waals surface area contributed by atoms with Crippen LogP contribution in [0.25, 0.3) is 0 Å². The number of carbonyl (C=O) groups is 1. The molecule has 0 bridgehead atoms. The number of thiazole rings is 1. The fourth-order valence-corrected chi connectivity index (χ4v) is 4.79. The molecule has 6 heteroatoms. The van der Waals surface area contributed by atoms with Crippen LogP contribution in [-0.4, -0.2) is 28.9 Å². The first-order chi connectivity index (χ1) is 11.0. The van der Waals surface area contributed by atoms with Crippen molar-refractivity contribution in [3.8, 4) is 0 Å². The molecule has 0 saturated carbocycles. The highest BCUT2D eigenvalue weighted by molar-refractivity contribution is 7.16. The molecule has 3 rings (SSSR count). The SMILES string of the molecule is Cc1cnc(NC(=O)c2ccc([C@H]3CCCN3CC(C)C)s2)s1. The zero-order chi connectivity index (χ0) is 16.4. The van der Waals surface area contributed by atoms with Crippen LogP contribution < -0.4 is 5.32 Å². The van der Waals surface area contributed by atoms with Crippen molar-refractivity contribution in [3.05, 3.63) is 33.0 Å². The van der Waals surface area contributed by atoms with E-state index in [2.05, 4.69) is 35.1 Å². The number of aryl methyl sites for hydroxylation is 1. The lowest BCUT2D eigenvalue weighted by Gasteiger charge is -2.25. The topological polar surface area (TPSA) is 45.2 Å². The number of nitrogens with zero attached hydrogens (tertiary/aromatic N) is 2. The average molecular weight is 350 g/mol. The molecule has 3 heterocycles. The van der Waals surface area contributed by atoms with E-state index in [4.69, 9.17) is 0 Å². The van der Waals surface area contributed by atoms with Gasteiger partial charge in [-0.05, 0) is 44.4 Å². The highest BCUT2D eigenvalue weighted by Gasteiger charge is 2.28. The Balaban J connectivity index is 1.68. The molecule has 2 aromatic heterocycles. The second-order valence-corrected chi connectivity index (χ2v) is 8.83. The molecule has 0 unspecified atom stereocenters. The summed E-state index contributed by atoms with van der Waals surface area (Å²) in [5, 5.41) is 3.56. The average Bonchev–Trinajstić information content (AvgIpc) is 3.18. The summed E-state index contributed by atoms with van der Waals surface area (Å²) in [5.74, 6) is 0.621. The lowest BCUT2D eigenvalue weighted by Crippen LogP contribution is -2.26. The summed E-state index contributed by atoms with van der Waals surface area (Å²) in [6, 6.07) is 4.54. The molecule has 0 spiro atoms. The van der Waals surface area contributed by atoms with Crippen LogP contribution in [0.2, 0.25) is 0 Å². The molecule has 124 valence electrons. The lowest BCUT2D eigenvalue weighted by atomic mass is 10.1. The first-order valence-electron chi connectivity index (χ1n) is 8.10. The van der Waals surface area contributed by atoms with E-state index in [1.807, 2.05) is 13.0 Å². The third kappa shape index (κ3) is 4.00. The summed E-state index contributed by atoms with van der Waals surface area (Å²) in [5.41, 5.74) is 0. The Labute approximate surface area is 145 Å². The van der Waals surface area contributed by atoms with E-state index in [9.17, 15) is 4.79 Å².